The van der Waals surface area contributed by atoms with Gasteiger partial charge in [0.05, 0.1) is 6.54 Å². The van der Waals surface area contributed by atoms with Crippen LogP contribution in [0.3, 0.4) is 0 Å². The Morgan fingerprint density at radius 2 is 1.92 bits per heavy atom. The Morgan fingerprint density at radius 1 is 1.12 bits per heavy atom. The minimum Gasteiger partial charge on any atom is -0.492 e. The van der Waals surface area contributed by atoms with Crippen molar-refractivity contribution in [3.63, 3.8) is 0 Å². The number of nitrogens with zero attached hydrogens (tertiary/aromatic N) is 1. The number of amides is 1. The third-order valence-electron chi connectivity index (χ3n) is 3.30. The van der Waals surface area contributed by atoms with Gasteiger partial charge in [0, 0.05) is 19.2 Å². The first-order chi connectivity index (χ1) is 11.7. The predicted octanol–water partition coefficient (Wildman–Crippen LogP) is 1.53. The maximum absolute atomic E-state index is 11.2. The Balaban J connectivity index is 1.74. The van der Waals surface area contributed by atoms with E-state index in [1.807, 2.05) is 36.4 Å². The van der Waals surface area contributed by atoms with Crippen LogP contribution in [0.15, 0.2) is 59.6 Å². The van der Waals surface area contributed by atoms with E-state index in [4.69, 9.17) is 10.5 Å². The van der Waals surface area contributed by atoms with Gasteiger partial charge in [0.25, 0.3) is 0 Å². The van der Waals surface area contributed by atoms with Crippen molar-refractivity contribution in [2.45, 2.75) is 6.54 Å². The molecule has 0 bridgehead atoms. The minimum atomic E-state index is -0.433. The summed E-state index contributed by atoms with van der Waals surface area (Å²) in [5.41, 5.74) is 6.73. The molecular weight excluding hydrogens is 304 g/mol. The van der Waals surface area contributed by atoms with Crippen molar-refractivity contribution >= 4 is 11.9 Å². The molecule has 2 rings (SSSR count). The maximum Gasteiger partial charge on any atom is 0.248 e. The molecule has 6 heteroatoms. The number of benzene rings is 2. The smallest absolute Gasteiger partial charge is 0.248 e. The fourth-order valence-electron chi connectivity index (χ4n) is 2.10. The lowest BCUT2D eigenvalue weighted by Gasteiger charge is -2.13. The number of primary amides is 1. The third-order valence-corrected chi connectivity index (χ3v) is 3.30. The molecule has 0 spiro atoms. The molecule has 0 fully saturated rings. The summed E-state index contributed by atoms with van der Waals surface area (Å²) in [4.78, 5) is 15.3. The molecule has 2 aromatic rings. The second-order valence-electron chi connectivity index (χ2n) is 5.08. The SMILES string of the molecule is CN=C(NCCOc1ccccc1)NCc1cccc(C(N)=O)c1. The quantitative estimate of drug-likeness (QED) is 0.409. The fourth-order valence-corrected chi connectivity index (χ4v) is 2.10. The van der Waals surface area contributed by atoms with Gasteiger partial charge >= 0.3 is 0 Å². The summed E-state index contributed by atoms with van der Waals surface area (Å²) in [5.74, 6) is 1.07. The van der Waals surface area contributed by atoms with Crippen LogP contribution in [-0.4, -0.2) is 32.1 Å². The van der Waals surface area contributed by atoms with E-state index in [1.54, 1.807) is 25.2 Å². The number of carbonyl (C=O) groups is 1. The summed E-state index contributed by atoms with van der Waals surface area (Å²) < 4.78 is 5.61. The molecule has 6 nitrogen and oxygen atoms in total. The number of nitrogens with two attached hydrogens (primary N) is 1. The first-order valence-electron chi connectivity index (χ1n) is 7.70. The van der Waals surface area contributed by atoms with Gasteiger partial charge in [-0.2, -0.15) is 0 Å². The van der Waals surface area contributed by atoms with Crippen LogP contribution in [0.4, 0.5) is 0 Å². The number of para-hydroxylation sites is 1. The molecule has 24 heavy (non-hydrogen) atoms. The molecule has 0 atom stereocenters. The topological polar surface area (TPSA) is 88.7 Å². The van der Waals surface area contributed by atoms with Gasteiger partial charge in [0.2, 0.25) is 5.91 Å². The normalized spacial score (nSPS) is 11.0. The summed E-state index contributed by atoms with van der Waals surface area (Å²) in [7, 11) is 1.70. The zero-order valence-electron chi connectivity index (χ0n) is 13.7. The molecule has 0 unspecified atom stereocenters. The molecule has 0 aliphatic heterocycles. The highest BCUT2D eigenvalue weighted by Crippen LogP contribution is 2.07. The largest absolute Gasteiger partial charge is 0.492 e. The van der Waals surface area contributed by atoms with E-state index in [-0.39, 0.29) is 0 Å². The molecule has 126 valence electrons. The average Bonchev–Trinajstić information content (AvgIpc) is 2.62. The standard InChI is InChI=1S/C18H22N4O2/c1-20-18(21-10-11-24-16-8-3-2-4-9-16)22-13-14-6-5-7-15(12-14)17(19)23/h2-9,12H,10-11,13H2,1H3,(H2,19,23)(H2,20,21,22). The highest BCUT2D eigenvalue weighted by Gasteiger charge is 2.02. The fraction of sp³-hybridized carbons (Fsp3) is 0.222. The number of nitrogens with one attached hydrogen (secondary N) is 2. The third kappa shape index (κ3) is 5.64. The van der Waals surface area contributed by atoms with Gasteiger partial charge in [-0.1, -0.05) is 30.3 Å². The van der Waals surface area contributed by atoms with Crippen LogP contribution in [0.5, 0.6) is 5.75 Å². The second kappa shape index (κ2) is 9.19. The molecule has 1 amide bonds. The minimum absolute atomic E-state index is 0.433. The Morgan fingerprint density at radius 3 is 2.62 bits per heavy atom. The molecule has 0 radical (unpaired) electrons. The van der Waals surface area contributed by atoms with Gasteiger partial charge in [-0.15, -0.1) is 0 Å². The van der Waals surface area contributed by atoms with Crippen molar-refractivity contribution in [3.05, 3.63) is 65.7 Å². The summed E-state index contributed by atoms with van der Waals surface area (Å²) in [6.07, 6.45) is 0. The van der Waals surface area contributed by atoms with Gasteiger partial charge in [0.1, 0.15) is 12.4 Å². The zero-order valence-corrected chi connectivity index (χ0v) is 13.7. The van der Waals surface area contributed by atoms with Gasteiger partial charge in [-0.3, -0.25) is 9.79 Å². The summed E-state index contributed by atoms with van der Waals surface area (Å²) in [6, 6.07) is 16.8. The van der Waals surface area contributed by atoms with Crippen LogP contribution in [0.25, 0.3) is 0 Å². The van der Waals surface area contributed by atoms with Crippen LogP contribution in [-0.2, 0) is 6.54 Å². The van der Waals surface area contributed by atoms with Crippen molar-refractivity contribution in [3.8, 4) is 5.75 Å². The van der Waals surface area contributed by atoms with Gasteiger partial charge < -0.3 is 21.1 Å². The lowest BCUT2D eigenvalue weighted by Crippen LogP contribution is -2.38. The molecule has 4 N–H and O–H groups in total. The molecule has 0 heterocycles. The lowest BCUT2D eigenvalue weighted by atomic mass is 10.1. The summed E-state index contributed by atoms with van der Waals surface area (Å²) in [6.45, 7) is 1.69. The molecule has 0 saturated carbocycles. The lowest BCUT2D eigenvalue weighted by molar-refractivity contribution is 0.1000. The average molecular weight is 326 g/mol. The van der Waals surface area contributed by atoms with E-state index in [9.17, 15) is 4.79 Å². The van der Waals surface area contributed by atoms with Crippen molar-refractivity contribution in [2.24, 2.45) is 10.7 Å². The van der Waals surface area contributed by atoms with Crippen LogP contribution in [0.2, 0.25) is 0 Å². The molecular formula is C18H22N4O2. The highest BCUT2D eigenvalue weighted by molar-refractivity contribution is 5.92. The number of hydrogen-bond acceptors (Lipinski definition) is 3. The van der Waals surface area contributed by atoms with Gasteiger partial charge in [0.15, 0.2) is 5.96 Å². The van der Waals surface area contributed by atoms with Gasteiger partial charge in [-0.25, -0.2) is 0 Å². The Kier molecular flexibility index (Phi) is 6.64. The zero-order chi connectivity index (χ0) is 17.2. The Labute approximate surface area is 141 Å². The number of guanidine groups is 1. The van der Waals surface area contributed by atoms with Crippen molar-refractivity contribution < 1.29 is 9.53 Å². The monoisotopic (exact) mass is 326 g/mol. The summed E-state index contributed by atoms with van der Waals surface area (Å²) >= 11 is 0. The Hall–Kier alpha value is -3.02. The number of aliphatic imine (C=N–C) groups is 1. The van der Waals surface area contributed by atoms with Crippen LogP contribution < -0.4 is 21.1 Å². The number of ether oxygens (including phenoxy) is 1. The van der Waals surface area contributed by atoms with E-state index in [2.05, 4.69) is 15.6 Å². The first-order valence-corrected chi connectivity index (χ1v) is 7.70. The van der Waals surface area contributed by atoms with E-state index < -0.39 is 5.91 Å². The number of rotatable bonds is 7. The molecule has 2 aromatic carbocycles. The number of carbonyl (C=O) groups excluding carboxylic acids is 1. The highest BCUT2D eigenvalue weighted by atomic mass is 16.5. The molecule has 0 saturated heterocycles. The number of hydrogen-bond donors (Lipinski definition) is 3. The van der Waals surface area contributed by atoms with Gasteiger partial charge in [-0.05, 0) is 29.8 Å². The van der Waals surface area contributed by atoms with Crippen molar-refractivity contribution in [1.29, 1.82) is 0 Å². The van der Waals surface area contributed by atoms with E-state index in [0.29, 0.717) is 31.2 Å². The molecule has 0 aliphatic rings. The Bertz CT molecular complexity index is 686. The maximum atomic E-state index is 11.2. The van der Waals surface area contributed by atoms with Crippen molar-refractivity contribution in [1.82, 2.24) is 10.6 Å². The summed E-state index contributed by atoms with van der Waals surface area (Å²) in [5, 5.41) is 6.35. The van der Waals surface area contributed by atoms with E-state index in [0.717, 1.165) is 11.3 Å². The van der Waals surface area contributed by atoms with Crippen LogP contribution in [0.1, 0.15) is 15.9 Å². The second-order valence-corrected chi connectivity index (χ2v) is 5.08. The van der Waals surface area contributed by atoms with Crippen LogP contribution in [0, 0.1) is 0 Å². The van der Waals surface area contributed by atoms with E-state index in [1.165, 1.54) is 0 Å². The first kappa shape index (κ1) is 17.3. The predicted molar refractivity (Wildman–Crippen MR) is 95.1 cm³/mol. The van der Waals surface area contributed by atoms with Crippen molar-refractivity contribution in [2.75, 3.05) is 20.2 Å². The van der Waals surface area contributed by atoms with E-state index >= 15 is 0 Å². The molecule has 0 aliphatic carbocycles. The molecule has 0 aromatic heterocycles. The van der Waals surface area contributed by atoms with Crippen LogP contribution >= 0.6 is 0 Å².